The van der Waals surface area contributed by atoms with Crippen molar-refractivity contribution in [3.63, 3.8) is 0 Å². The van der Waals surface area contributed by atoms with Gasteiger partial charge >= 0.3 is 11.8 Å². The summed E-state index contributed by atoms with van der Waals surface area (Å²) in [4.78, 5) is 10.9. The van der Waals surface area contributed by atoms with Crippen LogP contribution in [0.3, 0.4) is 0 Å². The van der Waals surface area contributed by atoms with Gasteiger partial charge in [-0.15, -0.1) is 0 Å². The summed E-state index contributed by atoms with van der Waals surface area (Å²) in [5.41, 5.74) is 1.05. The van der Waals surface area contributed by atoms with Crippen molar-refractivity contribution in [2.24, 2.45) is 0 Å². The predicted molar refractivity (Wildman–Crippen MR) is 71.5 cm³/mol. The molecule has 1 rings (SSSR count). The van der Waals surface area contributed by atoms with E-state index >= 15 is 0 Å². The molecule has 0 spiro atoms. The lowest BCUT2D eigenvalue weighted by Gasteiger charge is -2.08. The van der Waals surface area contributed by atoms with Crippen molar-refractivity contribution in [3.8, 4) is 0 Å². The minimum atomic E-state index is -4.62. The smallest absolute Gasteiger partial charge is 0.334 e. The van der Waals surface area contributed by atoms with Crippen molar-refractivity contribution in [1.82, 2.24) is 5.32 Å². The largest absolute Gasteiger partial charge is 0.341 e. The van der Waals surface area contributed by atoms with E-state index in [0.717, 1.165) is 17.7 Å². The van der Waals surface area contributed by atoms with Crippen molar-refractivity contribution in [2.45, 2.75) is 17.6 Å². The van der Waals surface area contributed by atoms with Gasteiger partial charge in [0, 0.05) is 12.2 Å². The van der Waals surface area contributed by atoms with E-state index in [9.17, 15) is 22.0 Å². The highest BCUT2D eigenvalue weighted by Gasteiger charge is 2.26. The third kappa shape index (κ3) is 4.30. The zero-order chi connectivity index (χ0) is 15.3. The number of benzene rings is 1. The van der Waals surface area contributed by atoms with Gasteiger partial charge in [0.1, 0.15) is 0 Å². The molecule has 0 aliphatic carbocycles. The van der Waals surface area contributed by atoms with Crippen LogP contribution in [0.2, 0.25) is 0 Å². The van der Waals surface area contributed by atoms with E-state index in [1.807, 2.05) is 0 Å². The SMILES string of the molecule is C=C(C)CNC(=O)Nc1ccc(S(=O)(=O)C(F)F)cc1. The van der Waals surface area contributed by atoms with Gasteiger partial charge < -0.3 is 10.6 Å². The Morgan fingerprint density at radius 1 is 1.30 bits per heavy atom. The lowest BCUT2D eigenvalue weighted by Crippen LogP contribution is -2.29. The van der Waals surface area contributed by atoms with E-state index in [1.165, 1.54) is 12.1 Å². The van der Waals surface area contributed by atoms with Crippen molar-refractivity contribution < 1.29 is 22.0 Å². The maximum absolute atomic E-state index is 12.3. The highest BCUT2D eigenvalue weighted by molar-refractivity contribution is 7.91. The number of amides is 2. The minimum Gasteiger partial charge on any atom is -0.334 e. The number of halogens is 2. The molecule has 8 heteroatoms. The molecule has 2 amide bonds. The molecule has 1 aromatic rings. The molecule has 0 saturated heterocycles. The van der Waals surface area contributed by atoms with Crippen molar-refractivity contribution in [2.75, 3.05) is 11.9 Å². The van der Waals surface area contributed by atoms with Crippen LogP contribution in [0.4, 0.5) is 19.3 Å². The van der Waals surface area contributed by atoms with Crippen LogP contribution in [0.25, 0.3) is 0 Å². The Kier molecular flexibility index (Phi) is 5.20. The first-order valence-corrected chi connectivity index (χ1v) is 7.09. The molecule has 20 heavy (non-hydrogen) atoms. The molecule has 0 aromatic heterocycles. The Labute approximate surface area is 115 Å². The summed E-state index contributed by atoms with van der Waals surface area (Å²) in [5, 5.41) is 4.94. The van der Waals surface area contributed by atoms with Crippen LogP contribution in [0.15, 0.2) is 41.3 Å². The zero-order valence-electron chi connectivity index (χ0n) is 10.7. The quantitative estimate of drug-likeness (QED) is 0.820. The summed E-state index contributed by atoms with van der Waals surface area (Å²) in [6.45, 7) is 5.64. The van der Waals surface area contributed by atoms with Gasteiger partial charge in [-0.3, -0.25) is 0 Å². The molecule has 0 aliphatic heterocycles. The van der Waals surface area contributed by atoms with Gasteiger partial charge in [-0.25, -0.2) is 13.2 Å². The monoisotopic (exact) mass is 304 g/mol. The first-order valence-electron chi connectivity index (χ1n) is 5.55. The second kappa shape index (κ2) is 6.47. The highest BCUT2D eigenvalue weighted by atomic mass is 32.2. The van der Waals surface area contributed by atoms with Gasteiger partial charge in [-0.05, 0) is 31.2 Å². The number of nitrogens with one attached hydrogen (secondary N) is 2. The fraction of sp³-hybridized carbons (Fsp3) is 0.250. The average Bonchev–Trinajstić information content (AvgIpc) is 2.37. The summed E-state index contributed by atoms with van der Waals surface area (Å²) in [7, 11) is -4.62. The second-order valence-corrected chi connectivity index (χ2v) is 6.01. The van der Waals surface area contributed by atoms with Crippen molar-refractivity contribution >= 4 is 21.6 Å². The van der Waals surface area contributed by atoms with Crippen LogP contribution in [-0.4, -0.2) is 26.8 Å². The number of carbonyl (C=O) groups excluding carboxylic acids is 1. The summed E-state index contributed by atoms with van der Waals surface area (Å²) in [5.74, 6) is -3.47. The zero-order valence-corrected chi connectivity index (χ0v) is 11.5. The van der Waals surface area contributed by atoms with E-state index in [4.69, 9.17) is 0 Å². The molecule has 0 unspecified atom stereocenters. The number of hydrogen-bond donors (Lipinski definition) is 2. The molecular weight excluding hydrogens is 290 g/mol. The van der Waals surface area contributed by atoms with Gasteiger partial charge in [0.25, 0.3) is 0 Å². The number of anilines is 1. The second-order valence-electron chi connectivity index (χ2n) is 4.09. The van der Waals surface area contributed by atoms with Crippen LogP contribution in [0.5, 0.6) is 0 Å². The van der Waals surface area contributed by atoms with Gasteiger partial charge in [0.05, 0.1) is 4.90 Å². The predicted octanol–water partition coefficient (Wildman–Crippen LogP) is 2.38. The van der Waals surface area contributed by atoms with Crippen LogP contribution >= 0.6 is 0 Å². The Bertz CT molecular complexity index is 598. The normalized spacial score (nSPS) is 11.2. The molecule has 0 bridgehead atoms. The van der Waals surface area contributed by atoms with Crippen LogP contribution in [-0.2, 0) is 9.84 Å². The Hall–Kier alpha value is -1.96. The first kappa shape index (κ1) is 16.1. The van der Waals surface area contributed by atoms with Crippen molar-refractivity contribution in [1.29, 1.82) is 0 Å². The summed E-state index contributed by atoms with van der Waals surface area (Å²) >= 11 is 0. The van der Waals surface area contributed by atoms with Crippen molar-refractivity contribution in [3.05, 3.63) is 36.4 Å². The van der Waals surface area contributed by atoms with Crippen LogP contribution in [0, 0.1) is 0 Å². The van der Waals surface area contributed by atoms with E-state index in [0.29, 0.717) is 6.54 Å². The fourth-order valence-electron chi connectivity index (χ4n) is 1.24. The van der Waals surface area contributed by atoms with E-state index in [2.05, 4.69) is 17.2 Å². The molecule has 5 nitrogen and oxygen atoms in total. The molecule has 2 N–H and O–H groups in total. The third-order valence-corrected chi connectivity index (χ3v) is 3.62. The molecule has 0 fully saturated rings. The number of carbonyl (C=O) groups is 1. The summed E-state index contributed by atoms with van der Waals surface area (Å²) in [6.07, 6.45) is 0. The fourth-order valence-corrected chi connectivity index (χ4v) is 1.96. The number of alkyl halides is 2. The summed E-state index contributed by atoms with van der Waals surface area (Å²) in [6, 6.07) is 3.98. The van der Waals surface area contributed by atoms with Crippen LogP contribution in [0.1, 0.15) is 6.92 Å². The van der Waals surface area contributed by atoms with Gasteiger partial charge in [-0.1, -0.05) is 12.2 Å². The van der Waals surface area contributed by atoms with Gasteiger partial charge in [-0.2, -0.15) is 8.78 Å². The summed E-state index contributed by atoms with van der Waals surface area (Å²) < 4.78 is 47.0. The van der Waals surface area contributed by atoms with Crippen LogP contribution < -0.4 is 10.6 Å². The van der Waals surface area contributed by atoms with Gasteiger partial charge in [0.2, 0.25) is 9.84 Å². The standard InChI is InChI=1S/C12H14F2N2O3S/c1-8(2)7-15-12(17)16-9-3-5-10(6-4-9)20(18,19)11(13)14/h3-6,11H,1,7H2,2H3,(H2,15,16,17). The van der Waals surface area contributed by atoms with E-state index < -0.39 is 26.5 Å². The Balaban J connectivity index is 2.73. The number of rotatable bonds is 5. The Morgan fingerprint density at radius 2 is 1.85 bits per heavy atom. The lowest BCUT2D eigenvalue weighted by molar-refractivity contribution is 0.234. The molecule has 0 aliphatic rings. The molecular formula is C12H14F2N2O3S. The first-order chi connectivity index (χ1) is 9.23. The molecule has 0 saturated carbocycles. The van der Waals surface area contributed by atoms with E-state index in [1.54, 1.807) is 6.92 Å². The molecule has 110 valence electrons. The Morgan fingerprint density at radius 3 is 2.30 bits per heavy atom. The molecule has 0 atom stereocenters. The van der Waals surface area contributed by atoms with Gasteiger partial charge in [0.15, 0.2) is 0 Å². The lowest BCUT2D eigenvalue weighted by atomic mass is 10.3. The maximum Gasteiger partial charge on any atom is 0.341 e. The third-order valence-electron chi connectivity index (χ3n) is 2.23. The number of hydrogen-bond acceptors (Lipinski definition) is 3. The van der Waals surface area contributed by atoms with E-state index in [-0.39, 0.29) is 5.69 Å². The average molecular weight is 304 g/mol. The maximum atomic E-state index is 12.3. The molecule has 1 aromatic carbocycles. The number of sulfone groups is 1. The minimum absolute atomic E-state index is 0.289. The highest BCUT2D eigenvalue weighted by Crippen LogP contribution is 2.20. The molecule has 0 heterocycles. The number of urea groups is 1. The topological polar surface area (TPSA) is 75.3 Å². The molecule has 0 radical (unpaired) electrons.